The zero-order chi connectivity index (χ0) is 20.9. The van der Waals surface area contributed by atoms with Crippen molar-refractivity contribution in [2.45, 2.75) is 13.0 Å². The van der Waals surface area contributed by atoms with Crippen molar-refractivity contribution in [3.63, 3.8) is 0 Å². The average Bonchev–Trinajstić information content (AvgIpc) is 3.28. The molecule has 1 aliphatic rings. The molecule has 1 heterocycles. The van der Waals surface area contributed by atoms with Crippen LogP contribution in [0.15, 0.2) is 72.8 Å². The molecule has 0 spiro atoms. The van der Waals surface area contributed by atoms with Gasteiger partial charge in [0.2, 0.25) is 5.75 Å². The largest absolute Gasteiger partial charge is 0.450 e. The maximum Gasteiger partial charge on any atom is 0.311 e. The third-order valence-electron chi connectivity index (χ3n) is 4.74. The Balaban J connectivity index is 1.55. The van der Waals surface area contributed by atoms with Crippen LogP contribution in [-0.4, -0.2) is 18.0 Å². The molecule has 4 rings (SSSR count). The molecular weight excluding hydrogens is 401 g/mol. The van der Waals surface area contributed by atoms with E-state index >= 15 is 0 Å². The molecule has 1 saturated heterocycles. The van der Waals surface area contributed by atoms with Crippen LogP contribution in [0.4, 0.5) is 5.69 Å². The summed E-state index contributed by atoms with van der Waals surface area (Å²) in [5.74, 6) is 0.729. The first-order chi connectivity index (χ1) is 14.6. The van der Waals surface area contributed by atoms with E-state index in [0.29, 0.717) is 5.75 Å². The highest BCUT2D eigenvalue weighted by atomic mass is 31.2. The lowest BCUT2D eigenvalue weighted by Crippen LogP contribution is -2.07. The number of rotatable bonds is 7. The molecule has 3 aromatic rings. The van der Waals surface area contributed by atoms with Gasteiger partial charge in [-0.2, -0.15) is 0 Å². The van der Waals surface area contributed by atoms with Crippen LogP contribution in [0.2, 0.25) is 0 Å². The van der Waals surface area contributed by atoms with E-state index in [1.165, 1.54) is 6.07 Å². The van der Waals surface area contributed by atoms with E-state index in [2.05, 4.69) is 10.2 Å². The van der Waals surface area contributed by atoms with E-state index in [4.69, 9.17) is 9.26 Å². The highest BCUT2D eigenvalue weighted by molar-refractivity contribution is 7.48. The zero-order valence-electron chi connectivity index (χ0n) is 16.4. The fourth-order valence-corrected chi connectivity index (χ4v) is 4.48. The predicted molar refractivity (Wildman–Crippen MR) is 117 cm³/mol. The lowest BCUT2D eigenvalue weighted by atomic mass is 10.1. The molecule has 30 heavy (non-hydrogen) atoms. The molecule has 0 aromatic heterocycles. The standard InChI is InChI=1S/C22H22N3O4P/c1-16(29-30-23-13-14-24-30)19-9-12-21(25(26)27)22(15-19)28-20-10-7-18(8-11-20)17-5-3-2-4-6-17/h2-12,15-16,23-24H,13-14H2,1H3/t16-/m0/s1. The molecule has 3 aromatic carbocycles. The van der Waals surface area contributed by atoms with Crippen molar-refractivity contribution in [1.29, 1.82) is 0 Å². The van der Waals surface area contributed by atoms with Gasteiger partial charge in [-0.3, -0.25) is 20.3 Å². The third-order valence-corrected chi connectivity index (χ3v) is 6.29. The zero-order valence-corrected chi connectivity index (χ0v) is 17.3. The van der Waals surface area contributed by atoms with Crippen molar-refractivity contribution in [3.8, 4) is 22.6 Å². The molecule has 154 valence electrons. The summed E-state index contributed by atoms with van der Waals surface area (Å²) >= 11 is 0. The first-order valence-corrected chi connectivity index (χ1v) is 10.9. The summed E-state index contributed by atoms with van der Waals surface area (Å²) in [6.45, 7) is 3.65. The van der Waals surface area contributed by atoms with Crippen molar-refractivity contribution in [2.24, 2.45) is 0 Å². The van der Waals surface area contributed by atoms with Gasteiger partial charge in [-0.05, 0) is 47.9 Å². The average molecular weight is 423 g/mol. The summed E-state index contributed by atoms with van der Waals surface area (Å²) in [6.07, 6.45) is -0.238. The summed E-state index contributed by atoms with van der Waals surface area (Å²) < 4.78 is 11.9. The van der Waals surface area contributed by atoms with Gasteiger partial charge in [0.15, 0.2) is 8.45 Å². The van der Waals surface area contributed by atoms with Gasteiger partial charge >= 0.3 is 5.69 Å². The van der Waals surface area contributed by atoms with E-state index in [0.717, 1.165) is 29.8 Å². The Morgan fingerprint density at radius 1 is 0.967 bits per heavy atom. The van der Waals surface area contributed by atoms with Crippen LogP contribution in [0.25, 0.3) is 11.1 Å². The first-order valence-electron chi connectivity index (χ1n) is 9.66. The van der Waals surface area contributed by atoms with Gasteiger partial charge < -0.3 is 9.26 Å². The normalized spacial score (nSPS) is 15.1. The van der Waals surface area contributed by atoms with Crippen molar-refractivity contribution in [3.05, 3.63) is 88.5 Å². The van der Waals surface area contributed by atoms with Gasteiger partial charge in [0.1, 0.15) is 5.75 Å². The van der Waals surface area contributed by atoms with Gasteiger partial charge in [0.05, 0.1) is 11.0 Å². The summed E-state index contributed by atoms with van der Waals surface area (Å²) in [4.78, 5) is 11.1. The molecule has 0 aliphatic carbocycles. The number of benzene rings is 3. The third kappa shape index (κ3) is 4.83. The molecule has 2 N–H and O–H groups in total. The van der Waals surface area contributed by atoms with Gasteiger partial charge in [0, 0.05) is 19.2 Å². The van der Waals surface area contributed by atoms with Gasteiger partial charge in [0.25, 0.3) is 0 Å². The minimum Gasteiger partial charge on any atom is -0.450 e. The topological polar surface area (TPSA) is 85.7 Å². The smallest absolute Gasteiger partial charge is 0.311 e. The molecule has 0 saturated carbocycles. The molecule has 0 unspecified atom stereocenters. The Morgan fingerprint density at radius 3 is 2.30 bits per heavy atom. The van der Waals surface area contributed by atoms with E-state index in [1.807, 2.05) is 61.5 Å². The minimum atomic E-state index is -0.887. The second-order valence-corrected chi connectivity index (χ2v) is 8.27. The quantitative estimate of drug-likeness (QED) is 0.294. The lowest BCUT2D eigenvalue weighted by molar-refractivity contribution is -0.385. The molecular formula is C22H22N3O4P. The van der Waals surface area contributed by atoms with Gasteiger partial charge in [-0.15, -0.1) is 0 Å². The maximum absolute atomic E-state index is 11.5. The van der Waals surface area contributed by atoms with Crippen molar-refractivity contribution in [2.75, 3.05) is 13.1 Å². The SMILES string of the molecule is C[C@H](OP1NCCN1)c1ccc([N+](=O)[O-])c(Oc2ccc(-c3ccccc3)cc2)c1. The Kier molecular flexibility index (Phi) is 6.35. The predicted octanol–water partition coefficient (Wildman–Crippen LogP) is 5.55. The number of nitrogens with one attached hydrogen (secondary N) is 2. The molecule has 1 fully saturated rings. The molecule has 8 heteroatoms. The van der Waals surface area contributed by atoms with E-state index < -0.39 is 13.4 Å². The number of nitro groups is 1. The second-order valence-electron chi connectivity index (χ2n) is 6.83. The summed E-state index contributed by atoms with van der Waals surface area (Å²) in [7, 11) is -0.887. The summed E-state index contributed by atoms with van der Waals surface area (Å²) in [5.41, 5.74) is 2.88. The molecule has 1 atom stereocenters. The van der Waals surface area contributed by atoms with Crippen molar-refractivity contribution in [1.82, 2.24) is 10.2 Å². The fraction of sp³-hybridized carbons (Fsp3) is 0.182. The number of nitrogens with zero attached hydrogens (tertiary/aromatic N) is 1. The van der Waals surface area contributed by atoms with Crippen LogP contribution >= 0.6 is 8.45 Å². The second kappa shape index (κ2) is 9.32. The van der Waals surface area contributed by atoms with Crippen LogP contribution in [0.1, 0.15) is 18.6 Å². The highest BCUT2D eigenvalue weighted by Crippen LogP contribution is 2.40. The van der Waals surface area contributed by atoms with Gasteiger partial charge in [-0.25, -0.2) is 0 Å². The molecule has 1 aliphatic heterocycles. The Hall–Kier alpha value is -2.83. The molecule has 0 amide bonds. The van der Waals surface area contributed by atoms with E-state index in [9.17, 15) is 10.1 Å². The van der Waals surface area contributed by atoms with Gasteiger partial charge in [-0.1, -0.05) is 42.5 Å². The Morgan fingerprint density at radius 2 is 1.63 bits per heavy atom. The Bertz CT molecular complexity index is 1010. The first kappa shape index (κ1) is 20.4. The monoisotopic (exact) mass is 423 g/mol. The Labute approximate surface area is 176 Å². The van der Waals surface area contributed by atoms with Crippen LogP contribution in [0.5, 0.6) is 11.5 Å². The maximum atomic E-state index is 11.5. The summed E-state index contributed by atoms with van der Waals surface area (Å²) in [5, 5.41) is 18.0. The van der Waals surface area contributed by atoms with Crippen LogP contribution in [-0.2, 0) is 4.52 Å². The number of ether oxygens (including phenoxy) is 1. The number of nitro benzene ring substituents is 1. The molecule has 0 radical (unpaired) electrons. The summed E-state index contributed by atoms with van der Waals surface area (Å²) in [6, 6.07) is 22.3. The van der Waals surface area contributed by atoms with E-state index in [1.54, 1.807) is 12.1 Å². The van der Waals surface area contributed by atoms with Crippen molar-refractivity contribution >= 4 is 14.1 Å². The van der Waals surface area contributed by atoms with E-state index in [-0.39, 0.29) is 17.5 Å². The van der Waals surface area contributed by atoms with Crippen molar-refractivity contribution < 1.29 is 14.2 Å². The van der Waals surface area contributed by atoms with Crippen LogP contribution in [0, 0.1) is 10.1 Å². The van der Waals surface area contributed by atoms with Crippen LogP contribution in [0.3, 0.4) is 0 Å². The number of hydrogen-bond donors (Lipinski definition) is 2. The minimum absolute atomic E-state index is 0.0825. The fourth-order valence-electron chi connectivity index (χ4n) is 3.15. The molecule has 7 nitrogen and oxygen atoms in total. The number of hydrogen-bond acceptors (Lipinski definition) is 6. The highest BCUT2D eigenvalue weighted by Gasteiger charge is 2.22. The van der Waals surface area contributed by atoms with Crippen LogP contribution < -0.4 is 14.9 Å². The lowest BCUT2D eigenvalue weighted by Gasteiger charge is -2.18. The molecule has 0 bridgehead atoms.